The lowest BCUT2D eigenvalue weighted by Crippen LogP contribution is -2.52. The predicted octanol–water partition coefficient (Wildman–Crippen LogP) is 4.74. The molecule has 1 aliphatic heterocycles. The summed E-state index contributed by atoms with van der Waals surface area (Å²) in [5.41, 5.74) is 2.80. The summed E-state index contributed by atoms with van der Waals surface area (Å²) in [7, 11) is -3.67. The third kappa shape index (κ3) is 9.65. The number of benzene rings is 4. The molecular weight excluding hydrogens is 638 g/mol. The lowest BCUT2D eigenvalue weighted by Gasteiger charge is -2.31. The quantitative estimate of drug-likeness (QED) is 0.207. The zero-order valence-corrected chi connectivity index (χ0v) is 27.5. The molecule has 11 heteroatoms. The second kappa shape index (κ2) is 16.6. The van der Waals surface area contributed by atoms with Crippen molar-refractivity contribution in [3.05, 3.63) is 131 Å². The SMILES string of the molecule is O=C(NCCc1ccccc1)C(Cc1ccccc1)N(Cc1ccc(Cl)cc1)C(=O)COc1ccc(S(=O)(=O)N2CCOCC2)cc1. The van der Waals surface area contributed by atoms with Gasteiger partial charge in [-0.15, -0.1) is 0 Å². The van der Waals surface area contributed by atoms with Gasteiger partial charge in [0.1, 0.15) is 11.8 Å². The van der Waals surface area contributed by atoms with E-state index in [0.29, 0.717) is 56.5 Å². The largest absolute Gasteiger partial charge is 0.484 e. The van der Waals surface area contributed by atoms with Gasteiger partial charge in [-0.3, -0.25) is 9.59 Å². The first kappa shape index (κ1) is 34.1. The molecule has 1 heterocycles. The number of morpholine rings is 1. The van der Waals surface area contributed by atoms with Gasteiger partial charge in [0.2, 0.25) is 15.9 Å². The second-order valence-electron chi connectivity index (χ2n) is 11.2. The molecular formula is C36H38ClN3O6S. The number of hydrogen-bond acceptors (Lipinski definition) is 6. The monoisotopic (exact) mass is 675 g/mol. The van der Waals surface area contributed by atoms with Crippen LogP contribution in [-0.4, -0.2) is 74.9 Å². The first-order chi connectivity index (χ1) is 22.8. The van der Waals surface area contributed by atoms with Crippen LogP contribution in [0.15, 0.2) is 114 Å². The Balaban J connectivity index is 1.33. The fourth-order valence-corrected chi connectivity index (χ4v) is 6.84. The number of ether oxygens (including phenoxy) is 2. The minimum atomic E-state index is -3.67. The van der Waals surface area contributed by atoms with Crippen LogP contribution in [0.5, 0.6) is 5.75 Å². The second-order valence-corrected chi connectivity index (χ2v) is 13.5. The molecule has 0 aromatic heterocycles. The zero-order chi connectivity index (χ0) is 33.1. The summed E-state index contributed by atoms with van der Waals surface area (Å²) >= 11 is 6.13. The Labute approximate surface area is 281 Å². The average Bonchev–Trinajstić information content (AvgIpc) is 3.11. The number of amides is 2. The van der Waals surface area contributed by atoms with Crippen LogP contribution in [0, 0.1) is 0 Å². The molecule has 47 heavy (non-hydrogen) atoms. The molecule has 1 saturated heterocycles. The van der Waals surface area contributed by atoms with Gasteiger partial charge in [-0.1, -0.05) is 84.4 Å². The number of rotatable bonds is 14. The van der Waals surface area contributed by atoms with Crippen molar-refractivity contribution in [1.82, 2.24) is 14.5 Å². The maximum absolute atomic E-state index is 13.9. The van der Waals surface area contributed by atoms with E-state index in [1.165, 1.54) is 33.5 Å². The fraction of sp³-hybridized carbons (Fsp3) is 0.278. The van der Waals surface area contributed by atoms with Crippen molar-refractivity contribution in [2.45, 2.75) is 30.3 Å². The highest BCUT2D eigenvalue weighted by atomic mass is 35.5. The minimum absolute atomic E-state index is 0.137. The van der Waals surface area contributed by atoms with E-state index in [1.807, 2.05) is 72.8 Å². The Hall–Kier alpha value is -4.22. The van der Waals surface area contributed by atoms with Crippen molar-refractivity contribution in [1.29, 1.82) is 0 Å². The van der Waals surface area contributed by atoms with E-state index in [1.54, 1.807) is 12.1 Å². The number of sulfonamides is 1. The summed E-state index contributed by atoms with van der Waals surface area (Å²) in [5, 5.41) is 3.60. The van der Waals surface area contributed by atoms with Gasteiger partial charge in [0.15, 0.2) is 6.61 Å². The number of halogens is 1. The smallest absolute Gasteiger partial charge is 0.261 e. The first-order valence-electron chi connectivity index (χ1n) is 15.5. The molecule has 1 N–H and O–H groups in total. The minimum Gasteiger partial charge on any atom is -0.484 e. The molecule has 5 rings (SSSR count). The fourth-order valence-electron chi connectivity index (χ4n) is 5.30. The van der Waals surface area contributed by atoms with Crippen molar-refractivity contribution in [3.63, 3.8) is 0 Å². The van der Waals surface area contributed by atoms with Crippen LogP contribution in [0.2, 0.25) is 5.02 Å². The van der Waals surface area contributed by atoms with E-state index in [0.717, 1.165) is 16.7 Å². The summed E-state index contributed by atoms with van der Waals surface area (Å²) in [6.07, 6.45) is 0.946. The van der Waals surface area contributed by atoms with Crippen LogP contribution < -0.4 is 10.1 Å². The molecule has 1 unspecified atom stereocenters. The molecule has 4 aromatic carbocycles. The van der Waals surface area contributed by atoms with Crippen LogP contribution in [0.25, 0.3) is 0 Å². The summed E-state index contributed by atoms with van der Waals surface area (Å²) in [6.45, 7) is 1.50. The van der Waals surface area contributed by atoms with E-state index in [2.05, 4.69) is 5.32 Å². The number of carbonyl (C=O) groups is 2. The summed E-state index contributed by atoms with van der Waals surface area (Å²) < 4.78 is 38.6. The highest BCUT2D eigenvalue weighted by molar-refractivity contribution is 7.89. The maximum atomic E-state index is 13.9. The molecule has 0 aliphatic carbocycles. The Kier molecular flexibility index (Phi) is 12.0. The van der Waals surface area contributed by atoms with Crippen molar-refractivity contribution in [3.8, 4) is 5.75 Å². The predicted molar refractivity (Wildman–Crippen MR) is 181 cm³/mol. The molecule has 1 atom stereocenters. The Morgan fingerprint density at radius 3 is 2.09 bits per heavy atom. The Bertz CT molecular complexity index is 1700. The van der Waals surface area contributed by atoms with Gasteiger partial charge in [0.05, 0.1) is 18.1 Å². The molecule has 1 aliphatic rings. The molecule has 0 saturated carbocycles. The maximum Gasteiger partial charge on any atom is 0.261 e. The van der Waals surface area contributed by atoms with Gasteiger partial charge in [0, 0.05) is 37.6 Å². The summed E-state index contributed by atoms with van der Waals surface area (Å²) in [5.74, 6) is -0.341. The summed E-state index contributed by atoms with van der Waals surface area (Å²) in [6, 6.07) is 31.7. The van der Waals surface area contributed by atoms with Crippen LogP contribution >= 0.6 is 11.6 Å². The molecule has 0 radical (unpaired) electrons. The van der Waals surface area contributed by atoms with Gasteiger partial charge < -0.3 is 19.7 Å². The average molecular weight is 676 g/mol. The number of carbonyl (C=O) groups excluding carboxylic acids is 2. The number of nitrogens with one attached hydrogen (secondary N) is 1. The van der Waals surface area contributed by atoms with Crippen molar-refractivity contribution in [2.75, 3.05) is 39.5 Å². The van der Waals surface area contributed by atoms with Crippen molar-refractivity contribution < 1.29 is 27.5 Å². The van der Waals surface area contributed by atoms with Crippen LogP contribution in [-0.2, 0) is 43.7 Å². The summed E-state index contributed by atoms with van der Waals surface area (Å²) in [4.78, 5) is 29.4. The number of nitrogens with zero attached hydrogens (tertiary/aromatic N) is 2. The van der Waals surface area contributed by atoms with Crippen LogP contribution in [0.3, 0.4) is 0 Å². The topological polar surface area (TPSA) is 105 Å². The molecule has 0 bridgehead atoms. The zero-order valence-electron chi connectivity index (χ0n) is 26.0. The van der Waals surface area contributed by atoms with E-state index < -0.39 is 22.0 Å². The highest BCUT2D eigenvalue weighted by Crippen LogP contribution is 2.22. The molecule has 0 spiro atoms. The van der Waals surface area contributed by atoms with Gasteiger partial charge in [0.25, 0.3) is 5.91 Å². The van der Waals surface area contributed by atoms with E-state index >= 15 is 0 Å². The van der Waals surface area contributed by atoms with E-state index in [-0.39, 0.29) is 24.0 Å². The molecule has 2 amide bonds. The van der Waals surface area contributed by atoms with E-state index in [4.69, 9.17) is 21.1 Å². The first-order valence-corrected chi connectivity index (χ1v) is 17.3. The van der Waals surface area contributed by atoms with Gasteiger partial charge in [-0.05, 0) is 59.5 Å². The Morgan fingerprint density at radius 1 is 0.830 bits per heavy atom. The van der Waals surface area contributed by atoms with Gasteiger partial charge >= 0.3 is 0 Å². The number of hydrogen-bond donors (Lipinski definition) is 1. The van der Waals surface area contributed by atoms with Crippen molar-refractivity contribution >= 4 is 33.4 Å². The highest BCUT2D eigenvalue weighted by Gasteiger charge is 2.31. The molecule has 246 valence electrons. The normalized spacial score (nSPS) is 14.2. The lowest BCUT2D eigenvalue weighted by atomic mass is 10.0. The molecule has 4 aromatic rings. The molecule has 1 fully saturated rings. The van der Waals surface area contributed by atoms with E-state index in [9.17, 15) is 18.0 Å². The third-order valence-electron chi connectivity index (χ3n) is 7.89. The molecule has 9 nitrogen and oxygen atoms in total. The Morgan fingerprint density at radius 2 is 1.45 bits per heavy atom. The lowest BCUT2D eigenvalue weighted by molar-refractivity contribution is -0.142. The standard InChI is InChI=1S/C36H38ClN3O6S/c37-31-13-11-30(12-14-31)26-40(34(25-29-9-5-2-6-10-29)36(42)38-20-19-28-7-3-1-4-8-28)35(41)27-46-32-15-17-33(18-16-32)47(43,44)39-21-23-45-24-22-39/h1-18,34H,19-27H2,(H,38,42). The van der Waals surface area contributed by atoms with Gasteiger partial charge in [-0.2, -0.15) is 4.31 Å². The van der Waals surface area contributed by atoms with Crippen molar-refractivity contribution in [2.24, 2.45) is 0 Å². The van der Waals surface area contributed by atoms with Crippen LogP contribution in [0.1, 0.15) is 16.7 Å². The van der Waals surface area contributed by atoms with Crippen LogP contribution in [0.4, 0.5) is 0 Å². The third-order valence-corrected chi connectivity index (χ3v) is 10.1. The van der Waals surface area contributed by atoms with Gasteiger partial charge in [-0.25, -0.2) is 8.42 Å².